The Morgan fingerprint density at radius 1 is 0.612 bits per heavy atom. The Morgan fingerprint density at radius 2 is 1.06 bits per heavy atom. The number of rotatable bonds is 28. The van der Waals surface area contributed by atoms with Crippen molar-refractivity contribution >= 4 is 17.0 Å². The van der Waals surface area contributed by atoms with Crippen LogP contribution in [0.25, 0.3) is 5.70 Å². The molecule has 1 heterocycles. The summed E-state index contributed by atoms with van der Waals surface area (Å²) in [6.07, 6.45) is 34.5. The Kier molecular flexibility index (Phi) is 39.7. The molecule has 0 spiro atoms. The van der Waals surface area contributed by atoms with Crippen molar-refractivity contribution in [1.29, 1.82) is 0 Å². The van der Waals surface area contributed by atoms with E-state index in [0.717, 1.165) is 47.2 Å². The SMILES string of the molecule is C#CCN/C(=C(\CCCC(C)CCCC(C)CCCC(C)C)C(=C)C)c1ccc(C(C)(C)C)s1.C=C(C)/C(C)=C/C=C(\C)C(C)(C)C.CC(C)(C)C.CCCCCC(C)CCCC(C)CCC. The van der Waals surface area contributed by atoms with E-state index in [1.807, 2.05) is 18.3 Å². The Morgan fingerprint density at radius 3 is 1.43 bits per heavy atom. The molecule has 0 aliphatic heterocycles. The van der Waals surface area contributed by atoms with Crippen LogP contribution in [0.1, 0.15) is 278 Å². The first-order valence-electron chi connectivity index (χ1n) is 27.6. The molecule has 0 aliphatic carbocycles. The molecule has 1 rings (SSSR count). The maximum atomic E-state index is 5.60. The second kappa shape index (κ2) is 38.5. The minimum Gasteiger partial charge on any atom is -0.373 e. The van der Waals surface area contributed by atoms with Crippen LogP contribution in [-0.2, 0) is 5.41 Å². The molecule has 1 nitrogen and oxygen atoms in total. The largest absolute Gasteiger partial charge is 0.373 e. The first-order valence-corrected chi connectivity index (χ1v) is 28.4. The van der Waals surface area contributed by atoms with E-state index in [9.17, 15) is 0 Å². The number of hydrogen-bond donors (Lipinski definition) is 1. The topological polar surface area (TPSA) is 12.0 Å². The summed E-state index contributed by atoms with van der Waals surface area (Å²) in [6, 6.07) is 4.51. The second-order valence-electron chi connectivity index (χ2n) is 25.1. The van der Waals surface area contributed by atoms with Crippen molar-refractivity contribution in [3.63, 3.8) is 0 Å². The summed E-state index contributed by atoms with van der Waals surface area (Å²) < 4.78 is 0. The fourth-order valence-corrected chi connectivity index (χ4v) is 8.61. The third-order valence-electron chi connectivity index (χ3n) is 12.7. The van der Waals surface area contributed by atoms with Gasteiger partial charge in [0.25, 0.3) is 0 Å². The van der Waals surface area contributed by atoms with Crippen LogP contribution < -0.4 is 5.32 Å². The third kappa shape index (κ3) is 42.4. The summed E-state index contributed by atoms with van der Waals surface area (Å²) in [4.78, 5) is 2.67. The Bertz CT molecular complexity index is 1540. The van der Waals surface area contributed by atoms with Crippen LogP contribution in [0.3, 0.4) is 0 Å². The van der Waals surface area contributed by atoms with Crippen molar-refractivity contribution < 1.29 is 0 Å². The standard InChI is InChI=1S/C32H53NS.C15H32.C13H22.C5H12/c1-11-23-33-31(29-21-22-30(34-29)32(8,9)10)28(25(4)5)20-14-19-27(7)18-13-17-26(6)16-12-15-24(2)3;1-5-7-8-11-15(4)13-9-12-14(3)10-6-2;1-10(2)11(3)8-9-12(4)13(5,6)7;1-5(2,3)4/h1,21-22,24,26-27,33H,4,12-20,23H2,2-3,5-10H3;14-15H,5-13H2,1-4H3;8-9H,1H2,2-7H3;1-4H3/b31-28+;;11-8+,12-9+;. The molecule has 67 heavy (non-hydrogen) atoms. The van der Waals surface area contributed by atoms with E-state index in [-0.39, 0.29) is 10.8 Å². The zero-order valence-electron chi connectivity index (χ0n) is 49.5. The van der Waals surface area contributed by atoms with Crippen LogP contribution in [0, 0.1) is 52.8 Å². The van der Waals surface area contributed by atoms with Crippen molar-refractivity contribution in [2.45, 2.75) is 273 Å². The molecule has 0 bridgehead atoms. The van der Waals surface area contributed by atoms with E-state index < -0.39 is 0 Å². The highest BCUT2D eigenvalue weighted by molar-refractivity contribution is 7.13. The first-order chi connectivity index (χ1) is 30.9. The molecule has 0 saturated carbocycles. The summed E-state index contributed by atoms with van der Waals surface area (Å²) in [5.41, 5.74) is 8.39. The second-order valence-corrected chi connectivity index (χ2v) is 26.2. The highest BCUT2D eigenvalue weighted by Crippen LogP contribution is 2.35. The van der Waals surface area contributed by atoms with Crippen molar-refractivity contribution in [2.75, 3.05) is 6.54 Å². The molecule has 390 valence electrons. The Hall–Kier alpha value is -2.24. The monoisotopic (exact) mass is 946 g/mol. The van der Waals surface area contributed by atoms with E-state index in [4.69, 9.17) is 6.42 Å². The number of allylic oxidation sites excluding steroid dienone is 7. The van der Waals surface area contributed by atoms with Crippen LogP contribution in [0.4, 0.5) is 0 Å². The van der Waals surface area contributed by atoms with Gasteiger partial charge in [-0.25, -0.2) is 0 Å². The molecular formula is C65H119NS. The summed E-state index contributed by atoms with van der Waals surface area (Å²) in [5.74, 6) is 7.17. The van der Waals surface area contributed by atoms with Crippen molar-refractivity contribution in [2.24, 2.45) is 40.4 Å². The lowest BCUT2D eigenvalue weighted by molar-refractivity contribution is 0.389. The average Bonchev–Trinajstić information content (AvgIpc) is 3.70. The normalized spacial score (nSPS) is 14.5. The maximum absolute atomic E-state index is 5.60. The van der Waals surface area contributed by atoms with Gasteiger partial charge in [0, 0.05) is 4.88 Å². The molecule has 0 radical (unpaired) electrons. The molecule has 4 unspecified atom stereocenters. The number of nitrogens with one attached hydrogen (secondary N) is 1. The van der Waals surface area contributed by atoms with Crippen molar-refractivity contribution in [3.8, 4) is 12.3 Å². The Balaban J connectivity index is -0.00000102. The molecule has 0 aromatic carbocycles. The van der Waals surface area contributed by atoms with Crippen LogP contribution in [0.2, 0.25) is 0 Å². The summed E-state index contributed by atoms with van der Waals surface area (Å²) in [5, 5.41) is 3.53. The molecule has 0 fully saturated rings. The van der Waals surface area contributed by atoms with Gasteiger partial charge in [0.05, 0.1) is 17.1 Å². The van der Waals surface area contributed by atoms with E-state index in [1.54, 1.807) is 0 Å². The highest BCUT2D eigenvalue weighted by Gasteiger charge is 2.19. The minimum absolute atomic E-state index is 0.158. The van der Waals surface area contributed by atoms with E-state index in [1.165, 1.54) is 141 Å². The zero-order chi connectivity index (χ0) is 52.4. The quantitative estimate of drug-likeness (QED) is 0.0501. The van der Waals surface area contributed by atoms with Crippen molar-refractivity contribution in [3.05, 3.63) is 75.1 Å². The minimum atomic E-state index is 0.158. The number of hydrogen-bond acceptors (Lipinski definition) is 2. The van der Waals surface area contributed by atoms with Crippen LogP contribution in [0.5, 0.6) is 0 Å². The molecule has 1 aromatic heterocycles. The van der Waals surface area contributed by atoms with Gasteiger partial charge in [-0.05, 0) is 110 Å². The predicted octanol–water partition coefficient (Wildman–Crippen LogP) is 22.4. The number of unbranched alkanes of at least 4 members (excludes halogenated alkanes) is 2. The zero-order valence-corrected chi connectivity index (χ0v) is 50.3. The van der Waals surface area contributed by atoms with Gasteiger partial charge >= 0.3 is 0 Å². The molecule has 4 atom stereocenters. The number of terminal acetylenes is 1. The smallest absolute Gasteiger partial charge is 0.0763 e. The van der Waals surface area contributed by atoms with Gasteiger partial charge in [-0.3, -0.25) is 0 Å². The summed E-state index contributed by atoms with van der Waals surface area (Å²) in [6.45, 7) is 58.4. The van der Waals surface area contributed by atoms with Gasteiger partial charge < -0.3 is 5.32 Å². The van der Waals surface area contributed by atoms with Gasteiger partial charge in [0.1, 0.15) is 0 Å². The lowest BCUT2D eigenvalue weighted by Crippen LogP contribution is -2.14. The average molecular weight is 947 g/mol. The lowest BCUT2D eigenvalue weighted by atomic mass is 9.87. The van der Waals surface area contributed by atoms with Gasteiger partial charge in [-0.2, -0.15) is 0 Å². The lowest BCUT2D eigenvalue weighted by Gasteiger charge is -2.18. The van der Waals surface area contributed by atoms with Crippen molar-refractivity contribution in [1.82, 2.24) is 5.32 Å². The summed E-state index contributed by atoms with van der Waals surface area (Å²) in [7, 11) is 0. The predicted molar refractivity (Wildman–Crippen MR) is 314 cm³/mol. The fraction of sp³-hybridized carbons (Fsp3) is 0.754. The molecular weight excluding hydrogens is 827 g/mol. The fourth-order valence-electron chi connectivity index (χ4n) is 7.50. The van der Waals surface area contributed by atoms with Crippen LogP contribution in [0.15, 0.2) is 65.3 Å². The summed E-state index contributed by atoms with van der Waals surface area (Å²) >= 11 is 1.87. The van der Waals surface area contributed by atoms with Gasteiger partial charge in [-0.1, -0.05) is 275 Å². The maximum Gasteiger partial charge on any atom is 0.0763 e. The molecule has 2 heteroatoms. The molecule has 0 amide bonds. The third-order valence-corrected chi connectivity index (χ3v) is 14.2. The molecule has 1 aromatic rings. The number of thiophene rings is 1. The Labute approximate surface area is 427 Å². The van der Waals surface area contributed by atoms with E-state index in [2.05, 4.69) is 194 Å². The van der Waals surface area contributed by atoms with Gasteiger partial charge in [0.2, 0.25) is 0 Å². The van der Waals surface area contributed by atoms with Gasteiger partial charge in [0.15, 0.2) is 0 Å². The van der Waals surface area contributed by atoms with Gasteiger partial charge in [-0.15, -0.1) is 17.8 Å². The molecule has 0 saturated heterocycles. The van der Waals surface area contributed by atoms with Crippen LogP contribution in [-0.4, -0.2) is 6.54 Å². The first kappa shape index (κ1) is 69.0. The van der Waals surface area contributed by atoms with E-state index in [0.29, 0.717) is 12.0 Å². The molecule has 1 N–H and O–H groups in total. The van der Waals surface area contributed by atoms with E-state index >= 15 is 0 Å². The molecule has 0 aliphatic rings. The highest BCUT2D eigenvalue weighted by atomic mass is 32.1. The van der Waals surface area contributed by atoms with Crippen LogP contribution >= 0.6 is 11.3 Å².